The van der Waals surface area contributed by atoms with Crippen molar-refractivity contribution in [3.05, 3.63) is 91.0 Å². The first-order chi connectivity index (χ1) is 14.9. The molecule has 0 nitrogen and oxygen atoms in total. The summed E-state index contributed by atoms with van der Waals surface area (Å²) in [5.74, 6) is 0. The summed E-state index contributed by atoms with van der Waals surface area (Å²) in [7, 11) is -1.63. The second-order valence-electron chi connectivity index (χ2n) is 8.06. The van der Waals surface area contributed by atoms with E-state index >= 15 is 0 Å². The summed E-state index contributed by atoms with van der Waals surface area (Å²) in [6.07, 6.45) is 12.1. The summed E-state index contributed by atoms with van der Waals surface area (Å²) in [6, 6.07) is 33.8. The fraction of sp³-hybridized carbons (Fsp3) is 0.357. The minimum absolute atomic E-state index is 0. The maximum absolute atomic E-state index is 3.53. The van der Waals surface area contributed by atoms with E-state index in [0.717, 1.165) is 5.33 Å². The molecule has 0 radical (unpaired) electrons. The molecule has 0 saturated heterocycles. The number of benzene rings is 3. The summed E-state index contributed by atoms with van der Waals surface area (Å²) in [5, 5.41) is 5.68. The van der Waals surface area contributed by atoms with E-state index in [1.54, 1.807) is 0 Å². The molecule has 0 heterocycles. The fourth-order valence-electron chi connectivity index (χ4n) is 4.39. The minimum Gasteiger partial charge on any atom is -1.00 e. The second kappa shape index (κ2) is 15.0. The maximum atomic E-state index is 3.53. The predicted octanol–water partition coefficient (Wildman–Crippen LogP) is 4.50. The first-order valence-electron chi connectivity index (χ1n) is 11.5. The van der Waals surface area contributed by atoms with E-state index in [-0.39, 0.29) is 17.0 Å². The highest BCUT2D eigenvalue weighted by Crippen LogP contribution is 2.55. The molecule has 0 spiro atoms. The van der Waals surface area contributed by atoms with Crippen molar-refractivity contribution in [1.82, 2.24) is 0 Å². The van der Waals surface area contributed by atoms with Crippen LogP contribution in [0.15, 0.2) is 91.0 Å². The van der Waals surface area contributed by atoms with Gasteiger partial charge in [-0.1, -0.05) is 103 Å². The molecule has 0 aliphatic heterocycles. The number of alkyl halides is 1. The molecule has 0 aliphatic rings. The Hall–Kier alpha value is -0.950. The summed E-state index contributed by atoms with van der Waals surface area (Å²) in [4.78, 5) is 0. The molecule has 0 bridgehead atoms. The molecule has 166 valence electrons. The van der Waals surface area contributed by atoms with Gasteiger partial charge in [0, 0.05) is 5.33 Å². The molecular weight excluding hydrogens is 527 g/mol. The number of hydrogen-bond acceptors (Lipinski definition) is 0. The second-order valence-corrected chi connectivity index (χ2v) is 12.5. The van der Waals surface area contributed by atoms with Crippen molar-refractivity contribution in [2.24, 2.45) is 0 Å². The van der Waals surface area contributed by atoms with E-state index in [0.29, 0.717) is 0 Å². The van der Waals surface area contributed by atoms with Gasteiger partial charge in [-0.3, -0.25) is 0 Å². The van der Waals surface area contributed by atoms with Crippen LogP contribution in [0.4, 0.5) is 0 Å². The Bertz CT molecular complexity index is 725. The van der Waals surface area contributed by atoms with Crippen molar-refractivity contribution in [2.75, 3.05) is 11.5 Å². The standard InChI is InChI=1S/C28H35BrP.BrH/c29-24-16-5-3-1-2-4-6-17-25-30(26-18-10-7-11-19-26,27-20-12-8-13-21-27)28-22-14-9-15-23-28;/h7-15,18-23H,1-6,16-17,24-25H2;1H/q+1;/p-1. The number of hydrogen-bond donors (Lipinski definition) is 0. The Morgan fingerprint density at radius 3 is 1.13 bits per heavy atom. The van der Waals surface area contributed by atoms with Crippen LogP contribution < -0.4 is 32.9 Å². The van der Waals surface area contributed by atoms with Gasteiger partial charge >= 0.3 is 0 Å². The van der Waals surface area contributed by atoms with Gasteiger partial charge in [0.1, 0.15) is 23.2 Å². The van der Waals surface area contributed by atoms with Crippen LogP contribution in [0, 0.1) is 0 Å². The average molecular weight is 562 g/mol. The Morgan fingerprint density at radius 1 is 0.452 bits per heavy atom. The predicted molar refractivity (Wildman–Crippen MR) is 141 cm³/mol. The summed E-state index contributed by atoms with van der Waals surface area (Å²) in [5.41, 5.74) is 0. The summed E-state index contributed by atoms with van der Waals surface area (Å²) < 4.78 is 0. The van der Waals surface area contributed by atoms with E-state index in [9.17, 15) is 0 Å². The molecule has 3 heteroatoms. The van der Waals surface area contributed by atoms with Crippen LogP contribution in [0.25, 0.3) is 0 Å². The summed E-state index contributed by atoms with van der Waals surface area (Å²) in [6.45, 7) is 0. The van der Waals surface area contributed by atoms with Gasteiger partial charge in [-0.25, -0.2) is 0 Å². The van der Waals surface area contributed by atoms with E-state index in [2.05, 4.69) is 107 Å². The lowest BCUT2D eigenvalue weighted by molar-refractivity contribution is -0.00000590. The van der Waals surface area contributed by atoms with Gasteiger partial charge in [-0.15, -0.1) is 0 Å². The van der Waals surface area contributed by atoms with E-state index in [1.807, 2.05) is 0 Å². The molecule has 3 aromatic rings. The Kier molecular flexibility index (Phi) is 12.7. The van der Waals surface area contributed by atoms with Crippen LogP contribution in [0.1, 0.15) is 51.4 Å². The topological polar surface area (TPSA) is 0 Å². The number of rotatable bonds is 13. The molecule has 0 aliphatic carbocycles. The van der Waals surface area contributed by atoms with Crippen LogP contribution >= 0.6 is 23.2 Å². The van der Waals surface area contributed by atoms with Crippen molar-refractivity contribution in [3.63, 3.8) is 0 Å². The highest BCUT2D eigenvalue weighted by molar-refractivity contribution is 9.09. The molecule has 0 saturated carbocycles. The lowest BCUT2D eigenvalue weighted by atomic mass is 10.1. The average Bonchev–Trinajstić information content (AvgIpc) is 2.82. The first-order valence-corrected chi connectivity index (χ1v) is 14.6. The Morgan fingerprint density at radius 2 is 0.774 bits per heavy atom. The van der Waals surface area contributed by atoms with Crippen LogP contribution in [-0.4, -0.2) is 11.5 Å². The highest BCUT2D eigenvalue weighted by Gasteiger charge is 2.44. The van der Waals surface area contributed by atoms with Crippen molar-refractivity contribution in [2.45, 2.75) is 51.4 Å². The first kappa shape index (κ1) is 26.3. The third-order valence-corrected chi connectivity index (χ3v) is 11.1. The molecule has 0 aromatic heterocycles. The molecule has 0 atom stereocenters. The normalized spacial score (nSPS) is 11.1. The van der Waals surface area contributed by atoms with Gasteiger partial charge in [0.15, 0.2) is 0 Å². The maximum Gasteiger partial charge on any atom is 0.112 e. The number of halogens is 2. The van der Waals surface area contributed by atoms with Crippen LogP contribution in [0.5, 0.6) is 0 Å². The van der Waals surface area contributed by atoms with E-state index in [1.165, 1.54) is 73.4 Å². The lowest BCUT2D eigenvalue weighted by Crippen LogP contribution is -3.00. The van der Waals surface area contributed by atoms with Crippen molar-refractivity contribution < 1.29 is 17.0 Å². The summed E-state index contributed by atoms with van der Waals surface area (Å²) >= 11 is 3.53. The smallest absolute Gasteiger partial charge is 0.112 e. The van der Waals surface area contributed by atoms with Crippen LogP contribution in [0.3, 0.4) is 0 Å². The van der Waals surface area contributed by atoms with E-state index < -0.39 is 7.26 Å². The molecular formula is C28H35Br2P. The monoisotopic (exact) mass is 560 g/mol. The largest absolute Gasteiger partial charge is 1.00 e. The van der Waals surface area contributed by atoms with Gasteiger partial charge < -0.3 is 17.0 Å². The van der Waals surface area contributed by atoms with Gasteiger partial charge in [-0.05, 0) is 55.7 Å². The SMILES string of the molecule is BrCCCCCCCCCC[P+](c1ccccc1)(c1ccccc1)c1ccccc1.[Br-]. The Labute approximate surface area is 209 Å². The Balaban J connectivity index is 0.00000341. The zero-order valence-electron chi connectivity index (χ0n) is 18.4. The van der Waals surface area contributed by atoms with Gasteiger partial charge in [0.05, 0.1) is 6.16 Å². The highest BCUT2D eigenvalue weighted by atomic mass is 79.9. The van der Waals surface area contributed by atoms with Crippen LogP contribution in [-0.2, 0) is 0 Å². The number of unbranched alkanes of at least 4 members (excludes halogenated alkanes) is 7. The third kappa shape index (κ3) is 7.55. The molecule has 0 N–H and O–H groups in total. The molecule has 3 aromatic carbocycles. The van der Waals surface area contributed by atoms with Crippen LogP contribution in [0.2, 0.25) is 0 Å². The third-order valence-electron chi connectivity index (χ3n) is 5.97. The lowest BCUT2D eigenvalue weighted by Gasteiger charge is -2.27. The van der Waals surface area contributed by atoms with Gasteiger partial charge in [0.25, 0.3) is 0 Å². The molecule has 0 amide bonds. The molecule has 31 heavy (non-hydrogen) atoms. The van der Waals surface area contributed by atoms with E-state index in [4.69, 9.17) is 0 Å². The van der Waals surface area contributed by atoms with Crippen molar-refractivity contribution in [3.8, 4) is 0 Å². The fourth-order valence-corrected chi connectivity index (χ4v) is 9.19. The molecule has 0 unspecified atom stereocenters. The zero-order chi connectivity index (χ0) is 20.9. The zero-order valence-corrected chi connectivity index (χ0v) is 22.5. The van der Waals surface area contributed by atoms with Crippen molar-refractivity contribution in [1.29, 1.82) is 0 Å². The van der Waals surface area contributed by atoms with Gasteiger partial charge in [0.2, 0.25) is 0 Å². The minimum atomic E-state index is -1.63. The molecule has 3 rings (SSSR count). The van der Waals surface area contributed by atoms with Crippen molar-refractivity contribution >= 4 is 39.1 Å². The van der Waals surface area contributed by atoms with Gasteiger partial charge in [-0.2, -0.15) is 0 Å². The molecule has 0 fully saturated rings. The quantitative estimate of drug-likeness (QED) is 0.164.